The van der Waals surface area contributed by atoms with Gasteiger partial charge < -0.3 is 5.32 Å². The Morgan fingerprint density at radius 3 is 2.38 bits per heavy atom. The number of halogens is 3. The lowest BCUT2D eigenvalue weighted by atomic mass is 9.98. The summed E-state index contributed by atoms with van der Waals surface area (Å²) in [6, 6.07) is 5.49. The van der Waals surface area contributed by atoms with Crippen molar-refractivity contribution >= 4 is 17.0 Å². The summed E-state index contributed by atoms with van der Waals surface area (Å²) >= 11 is 1.52. The van der Waals surface area contributed by atoms with Crippen LogP contribution in [-0.4, -0.2) is 4.98 Å². The molecule has 0 saturated heterocycles. The Bertz CT molecular complexity index is 612. The standard InChI is InChI=1S/C15H17F3N2S/c1-14(2,3)13-20-9-10(21-13)8-19-12-7-5-4-6-11(12)15(16,17)18/h4-7,9,19H,8H2,1-3H3. The highest BCUT2D eigenvalue weighted by molar-refractivity contribution is 7.11. The number of nitrogens with zero attached hydrogens (tertiary/aromatic N) is 1. The fraction of sp³-hybridized carbons (Fsp3) is 0.400. The lowest BCUT2D eigenvalue weighted by molar-refractivity contribution is -0.136. The molecule has 1 aromatic carbocycles. The zero-order chi connectivity index (χ0) is 15.7. The minimum atomic E-state index is -4.35. The van der Waals surface area contributed by atoms with Crippen molar-refractivity contribution in [1.29, 1.82) is 0 Å². The molecule has 0 unspecified atom stereocenters. The molecule has 0 atom stereocenters. The minimum absolute atomic E-state index is 0.0488. The molecule has 2 aromatic rings. The summed E-state index contributed by atoms with van der Waals surface area (Å²) in [6.45, 7) is 6.51. The number of hydrogen-bond acceptors (Lipinski definition) is 3. The molecule has 0 fully saturated rings. The second kappa shape index (κ2) is 5.67. The third-order valence-electron chi connectivity index (χ3n) is 2.88. The maximum Gasteiger partial charge on any atom is 0.418 e. The van der Waals surface area contributed by atoms with Gasteiger partial charge in [-0.2, -0.15) is 13.2 Å². The van der Waals surface area contributed by atoms with Crippen LogP contribution < -0.4 is 5.32 Å². The molecule has 0 aliphatic rings. The van der Waals surface area contributed by atoms with E-state index in [4.69, 9.17) is 0 Å². The SMILES string of the molecule is CC(C)(C)c1ncc(CNc2ccccc2C(F)(F)F)s1. The van der Waals surface area contributed by atoms with Gasteiger partial charge in [-0.15, -0.1) is 11.3 Å². The van der Waals surface area contributed by atoms with Gasteiger partial charge in [0.25, 0.3) is 0 Å². The van der Waals surface area contributed by atoms with Crippen molar-refractivity contribution in [3.8, 4) is 0 Å². The maximum atomic E-state index is 12.9. The van der Waals surface area contributed by atoms with Crippen LogP contribution in [0.15, 0.2) is 30.5 Å². The first-order chi connectivity index (χ1) is 9.68. The van der Waals surface area contributed by atoms with Crippen molar-refractivity contribution in [3.63, 3.8) is 0 Å². The van der Waals surface area contributed by atoms with Gasteiger partial charge in [-0.05, 0) is 12.1 Å². The second-order valence-electron chi connectivity index (χ2n) is 5.78. The highest BCUT2D eigenvalue weighted by Crippen LogP contribution is 2.35. The largest absolute Gasteiger partial charge is 0.418 e. The molecule has 0 saturated carbocycles. The van der Waals surface area contributed by atoms with Crippen LogP contribution in [0, 0.1) is 0 Å². The lowest BCUT2D eigenvalue weighted by Gasteiger charge is -2.14. The molecule has 0 spiro atoms. The number of alkyl halides is 3. The van der Waals surface area contributed by atoms with Gasteiger partial charge in [0.05, 0.1) is 17.1 Å². The van der Waals surface area contributed by atoms with E-state index in [1.807, 2.05) is 0 Å². The molecule has 1 heterocycles. The van der Waals surface area contributed by atoms with E-state index in [2.05, 4.69) is 31.1 Å². The zero-order valence-corrected chi connectivity index (χ0v) is 12.9. The molecular weight excluding hydrogens is 297 g/mol. The lowest BCUT2D eigenvalue weighted by Crippen LogP contribution is -2.10. The minimum Gasteiger partial charge on any atom is -0.380 e. The average molecular weight is 314 g/mol. The molecule has 0 bridgehead atoms. The van der Waals surface area contributed by atoms with Crippen LogP contribution in [0.1, 0.15) is 36.2 Å². The van der Waals surface area contributed by atoms with E-state index < -0.39 is 11.7 Å². The molecule has 6 heteroatoms. The summed E-state index contributed by atoms with van der Waals surface area (Å²) in [6.07, 6.45) is -2.64. The van der Waals surface area contributed by atoms with Crippen molar-refractivity contribution in [2.45, 2.75) is 38.9 Å². The molecule has 0 aliphatic carbocycles. The Balaban J connectivity index is 2.12. The molecule has 1 aromatic heterocycles. The summed E-state index contributed by atoms with van der Waals surface area (Å²) in [7, 11) is 0. The molecule has 2 nitrogen and oxygen atoms in total. The smallest absolute Gasteiger partial charge is 0.380 e. The fourth-order valence-corrected chi connectivity index (χ4v) is 2.71. The van der Waals surface area contributed by atoms with Crippen LogP contribution >= 0.6 is 11.3 Å². The Labute approximate surface area is 126 Å². The fourth-order valence-electron chi connectivity index (χ4n) is 1.80. The number of para-hydroxylation sites is 1. The number of aromatic nitrogens is 1. The van der Waals surface area contributed by atoms with Gasteiger partial charge in [0.15, 0.2) is 0 Å². The van der Waals surface area contributed by atoms with Crippen LogP contribution in [0.3, 0.4) is 0 Å². The predicted molar refractivity (Wildman–Crippen MR) is 79.6 cm³/mol. The van der Waals surface area contributed by atoms with E-state index in [0.29, 0.717) is 6.54 Å². The van der Waals surface area contributed by atoms with Gasteiger partial charge in [-0.25, -0.2) is 4.98 Å². The van der Waals surface area contributed by atoms with Gasteiger partial charge in [0, 0.05) is 22.2 Å². The molecule has 0 amide bonds. The monoisotopic (exact) mass is 314 g/mol. The van der Waals surface area contributed by atoms with Crippen molar-refractivity contribution in [1.82, 2.24) is 4.98 Å². The van der Waals surface area contributed by atoms with E-state index in [0.717, 1.165) is 16.0 Å². The van der Waals surface area contributed by atoms with Crippen molar-refractivity contribution in [2.24, 2.45) is 0 Å². The highest BCUT2D eigenvalue weighted by Gasteiger charge is 2.33. The van der Waals surface area contributed by atoms with E-state index >= 15 is 0 Å². The first kappa shape index (κ1) is 15.8. The molecular formula is C15H17F3N2S. The number of hydrogen-bond donors (Lipinski definition) is 1. The Morgan fingerprint density at radius 1 is 1.14 bits per heavy atom. The van der Waals surface area contributed by atoms with Crippen LogP contribution in [0.25, 0.3) is 0 Å². The maximum absolute atomic E-state index is 12.9. The third-order valence-corrected chi connectivity index (χ3v) is 4.30. The second-order valence-corrected chi connectivity index (χ2v) is 6.89. The molecule has 21 heavy (non-hydrogen) atoms. The predicted octanol–water partition coefficient (Wildman–Crippen LogP) is 5.07. The average Bonchev–Trinajstić information content (AvgIpc) is 2.84. The van der Waals surface area contributed by atoms with E-state index in [1.54, 1.807) is 12.3 Å². The summed E-state index contributed by atoms with van der Waals surface area (Å²) in [4.78, 5) is 5.24. The highest BCUT2D eigenvalue weighted by atomic mass is 32.1. The summed E-state index contributed by atoms with van der Waals surface area (Å²) in [5.74, 6) is 0. The third kappa shape index (κ3) is 3.97. The number of anilines is 1. The molecule has 0 radical (unpaired) electrons. The topological polar surface area (TPSA) is 24.9 Å². The van der Waals surface area contributed by atoms with Gasteiger partial charge >= 0.3 is 6.18 Å². The zero-order valence-electron chi connectivity index (χ0n) is 12.1. The summed E-state index contributed by atoms with van der Waals surface area (Å²) in [5, 5.41) is 3.83. The molecule has 2 rings (SSSR count). The number of benzene rings is 1. The van der Waals surface area contributed by atoms with E-state index in [1.165, 1.54) is 23.5 Å². The summed E-state index contributed by atoms with van der Waals surface area (Å²) in [5.41, 5.74) is -0.603. The molecule has 114 valence electrons. The first-order valence-corrected chi connectivity index (χ1v) is 7.35. The van der Waals surface area contributed by atoms with Crippen LogP contribution in [0.5, 0.6) is 0 Å². The Morgan fingerprint density at radius 2 is 1.81 bits per heavy atom. The van der Waals surface area contributed by atoms with Gasteiger partial charge in [0.1, 0.15) is 0 Å². The molecule has 0 aliphatic heterocycles. The first-order valence-electron chi connectivity index (χ1n) is 6.53. The van der Waals surface area contributed by atoms with Crippen LogP contribution in [-0.2, 0) is 18.1 Å². The van der Waals surface area contributed by atoms with Gasteiger partial charge in [0.2, 0.25) is 0 Å². The van der Waals surface area contributed by atoms with Crippen molar-refractivity contribution in [2.75, 3.05) is 5.32 Å². The van der Waals surface area contributed by atoms with Crippen molar-refractivity contribution < 1.29 is 13.2 Å². The van der Waals surface area contributed by atoms with Gasteiger partial charge in [-0.1, -0.05) is 32.9 Å². The van der Waals surface area contributed by atoms with Crippen molar-refractivity contribution in [3.05, 3.63) is 45.9 Å². The van der Waals surface area contributed by atoms with E-state index in [9.17, 15) is 13.2 Å². The molecule has 1 N–H and O–H groups in total. The normalized spacial score (nSPS) is 12.5. The Hall–Kier alpha value is -1.56. The van der Waals surface area contributed by atoms with Gasteiger partial charge in [-0.3, -0.25) is 0 Å². The summed E-state index contributed by atoms with van der Waals surface area (Å²) < 4.78 is 38.7. The number of nitrogens with one attached hydrogen (secondary N) is 1. The Kier molecular flexibility index (Phi) is 4.27. The number of thiazole rings is 1. The van der Waals surface area contributed by atoms with Crippen LogP contribution in [0.4, 0.5) is 18.9 Å². The van der Waals surface area contributed by atoms with Crippen LogP contribution in [0.2, 0.25) is 0 Å². The van der Waals surface area contributed by atoms with E-state index in [-0.39, 0.29) is 11.1 Å². The quantitative estimate of drug-likeness (QED) is 0.855. The number of rotatable bonds is 3.